The second-order valence-corrected chi connectivity index (χ2v) is 8.77. The Balaban J connectivity index is 1.55. The molecular formula is C22H24N3OS2+. The van der Waals surface area contributed by atoms with Crippen molar-refractivity contribution in [2.45, 2.75) is 38.8 Å². The van der Waals surface area contributed by atoms with Crippen molar-refractivity contribution in [3.8, 4) is 0 Å². The number of thiazole rings is 1. The van der Waals surface area contributed by atoms with E-state index in [0.717, 1.165) is 17.1 Å². The van der Waals surface area contributed by atoms with Gasteiger partial charge in [-0.25, -0.2) is 4.98 Å². The van der Waals surface area contributed by atoms with Crippen LogP contribution in [0.25, 0.3) is 4.96 Å². The number of benzene rings is 1. The number of hydrogen-bond acceptors (Lipinski definition) is 4. The van der Waals surface area contributed by atoms with Gasteiger partial charge >= 0.3 is 0 Å². The molecule has 2 N–H and O–H groups in total. The van der Waals surface area contributed by atoms with E-state index in [0.29, 0.717) is 6.54 Å². The van der Waals surface area contributed by atoms with E-state index in [-0.39, 0.29) is 11.6 Å². The summed E-state index contributed by atoms with van der Waals surface area (Å²) in [6, 6.07) is 15.1. The Morgan fingerprint density at radius 1 is 1.14 bits per heavy atom. The fourth-order valence-electron chi connectivity index (χ4n) is 3.39. The van der Waals surface area contributed by atoms with Crippen LogP contribution in [-0.4, -0.2) is 9.38 Å². The molecule has 0 saturated heterocycles. The van der Waals surface area contributed by atoms with E-state index in [1.165, 1.54) is 40.2 Å². The third-order valence-corrected chi connectivity index (χ3v) is 6.64. The highest BCUT2D eigenvalue weighted by molar-refractivity contribution is 7.15. The van der Waals surface area contributed by atoms with Gasteiger partial charge in [0.15, 0.2) is 4.96 Å². The summed E-state index contributed by atoms with van der Waals surface area (Å²) in [6.45, 7) is 2.90. The van der Waals surface area contributed by atoms with E-state index in [4.69, 9.17) is 0 Å². The first-order valence-electron chi connectivity index (χ1n) is 9.66. The minimum atomic E-state index is -0.0115. The van der Waals surface area contributed by atoms with Crippen LogP contribution in [0.3, 0.4) is 0 Å². The Hall–Kier alpha value is -2.28. The highest BCUT2D eigenvalue weighted by Crippen LogP contribution is 2.23. The lowest BCUT2D eigenvalue weighted by Gasteiger charge is -2.15. The van der Waals surface area contributed by atoms with E-state index in [2.05, 4.69) is 59.0 Å². The van der Waals surface area contributed by atoms with Crippen LogP contribution in [0.15, 0.2) is 64.2 Å². The number of aryl methyl sites for hydroxylation is 1. The topological polar surface area (TPSA) is 51.0 Å². The molecular weight excluding hydrogens is 386 g/mol. The number of nitrogens with two attached hydrogens (primary N) is 1. The monoisotopic (exact) mass is 410 g/mol. The Morgan fingerprint density at radius 3 is 2.75 bits per heavy atom. The Morgan fingerprint density at radius 2 is 2.00 bits per heavy atom. The third-order valence-electron chi connectivity index (χ3n) is 4.93. The smallest absolute Gasteiger partial charge is 0.258 e. The first-order valence-corrected chi connectivity index (χ1v) is 11.4. The largest absolute Gasteiger partial charge is 0.331 e. The van der Waals surface area contributed by atoms with Crippen molar-refractivity contribution in [3.05, 3.63) is 91.5 Å². The average Bonchev–Trinajstić information content (AvgIpc) is 3.40. The minimum Gasteiger partial charge on any atom is -0.331 e. The number of fused-ring (bicyclic) bond motifs is 1. The molecule has 3 heterocycles. The standard InChI is InChI=1S/C22H23N3OS2/c1-2-3-5-16-7-9-17(10-8-16)21(19-6-4-12-27-19)23-15-18-14-20(26)25-11-13-28-22(25)24-18/h4,6-14,21,23H,2-3,5,15H2,1H3/p+1/t21-/m1/s1. The van der Waals surface area contributed by atoms with Gasteiger partial charge in [0, 0.05) is 23.2 Å². The van der Waals surface area contributed by atoms with Crippen molar-refractivity contribution >= 4 is 27.6 Å². The average molecular weight is 411 g/mol. The fraction of sp³-hybridized carbons (Fsp3) is 0.273. The van der Waals surface area contributed by atoms with Crippen LogP contribution in [-0.2, 0) is 13.0 Å². The van der Waals surface area contributed by atoms with Gasteiger partial charge in [0.25, 0.3) is 5.56 Å². The predicted molar refractivity (Wildman–Crippen MR) is 116 cm³/mol. The third kappa shape index (κ3) is 4.24. The molecule has 0 saturated carbocycles. The summed E-state index contributed by atoms with van der Waals surface area (Å²) < 4.78 is 1.60. The molecule has 0 aliphatic carbocycles. The van der Waals surface area contributed by atoms with Gasteiger partial charge in [-0.3, -0.25) is 9.20 Å². The minimum absolute atomic E-state index is 0.0115. The summed E-state index contributed by atoms with van der Waals surface area (Å²) in [5.41, 5.74) is 3.50. The number of nitrogens with zero attached hydrogens (tertiary/aromatic N) is 2. The van der Waals surface area contributed by atoms with Gasteiger partial charge in [-0.1, -0.05) is 43.7 Å². The molecule has 6 heteroatoms. The Labute approximate surface area is 172 Å². The lowest BCUT2D eigenvalue weighted by atomic mass is 10.0. The summed E-state index contributed by atoms with van der Waals surface area (Å²) in [7, 11) is 0. The van der Waals surface area contributed by atoms with E-state index < -0.39 is 0 Å². The van der Waals surface area contributed by atoms with Crippen molar-refractivity contribution < 1.29 is 5.32 Å². The Bertz CT molecular complexity index is 1080. The maximum Gasteiger partial charge on any atom is 0.258 e. The van der Waals surface area contributed by atoms with Gasteiger partial charge in [0.05, 0.1) is 4.88 Å². The molecule has 4 aromatic rings. The van der Waals surface area contributed by atoms with Gasteiger partial charge in [0.2, 0.25) is 0 Å². The van der Waals surface area contributed by atoms with Crippen molar-refractivity contribution in [3.63, 3.8) is 0 Å². The number of aromatic nitrogens is 2. The van der Waals surface area contributed by atoms with Gasteiger partial charge in [-0.05, 0) is 29.9 Å². The number of rotatable bonds is 8. The molecule has 0 amide bonds. The first kappa shape index (κ1) is 19.1. The zero-order chi connectivity index (χ0) is 19.3. The maximum absolute atomic E-state index is 12.2. The molecule has 0 fully saturated rings. The van der Waals surface area contributed by atoms with Crippen molar-refractivity contribution in [1.82, 2.24) is 9.38 Å². The second kappa shape index (κ2) is 8.82. The van der Waals surface area contributed by atoms with Crippen molar-refractivity contribution in [1.29, 1.82) is 0 Å². The van der Waals surface area contributed by atoms with Gasteiger partial charge in [-0.2, -0.15) is 0 Å². The number of quaternary nitrogens is 1. The van der Waals surface area contributed by atoms with Gasteiger partial charge in [-0.15, -0.1) is 22.7 Å². The molecule has 0 spiro atoms. The first-order chi connectivity index (χ1) is 13.7. The summed E-state index contributed by atoms with van der Waals surface area (Å²) in [4.78, 5) is 19.0. The second-order valence-electron chi connectivity index (χ2n) is 6.92. The number of unbranched alkanes of at least 4 members (excludes halogenated alkanes) is 1. The molecule has 0 radical (unpaired) electrons. The Kier molecular flexibility index (Phi) is 6.00. The predicted octanol–water partition coefficient (Wildman–Crippen LogP) is 4.01. The fourth-order valence-corrected chi connectivity index (χ4v) is 4.98. The molecule has 0 aliphatic rings. The van der Waals surface area contributed by atoms with Gasteiger partial charge in [0.1, 0.15) is 18.3 Å². The van der Waals surface area contributed by atoms with Crippen LogP contribution < -0.4 is 10.9 Å². The molecule has 0 bridgehead atoms. The lowest BCUT2D eigenvalue weighted by molar-refractivity contribution is -0.702. The highest BCUT2D eigenvalue weighted by atomic mass is 32.1. The molecule has 144 valence electrons. The van der Waals surface area contributed by atoms with Crippen LogP contribution in [0.4, 0.5) is 0 Å². The highest BCUT2D eigenvalue weighted by Gasteiger charge is 2.19. The van der Waals surface area contributed by atoms with E-state index >= 15 is 0 Å². The molecule has 1 atom stereocenters. The summed E-state index contributed by atoms with van der Waals surface area (Å²) in [5.74, 6) is 0. The van der Waals surface area contributed by atoms with Crippen molar-refractivity contribution in [2.75, 3.05) is 0 Å². The molecule has 3 aromatic heterocycles. The zero-order valence-electron chi connectivity index (χ0n) is 15.9. The van der Waals surface area contributed by atoms with Crippen LogP contribution in [0.2, 0.25) is 0 Å². The number of thiophene rings is 1. The normalized spacial score (nSPS) is 12.5. The summed E-state index contributed by atoms with van der Waals surface area (Å²) >= 11 is 3.26. The van der Waals surface area contributed by atoms with E-state index in [9.17, 15) is 4.79 Å². The van der Waals surface area contributed by atoms with Crippen LogP contribution in [0.1, 0.15) is 47.5 Å². The SMILES string of the molecule is CCCCc1ccc([C@@H]([NH2+]Cc2cc(=O)n3ccsc3n2)c2cccs2)cc1. The molecule has 4 nitrogen and oxygen atoms in total. The lowest BCUT2D eigenvalue weighted by Crippen LogP contribution is -2.84. The molecule has 28 heavy (non-hydrogen) atoms. The summed E-state index contributed by atoms with van der Waals surface area (Å²) in [5, 5.41) is 6.29. The molecule has 0 aliphatic heterocycles. The molecule has 4 rings (SSSR count). The van der Waals surface area contributed by atoms with E-state index in [1.807, 2.05) is 5.38 Å². The number of hydrogen-bond donors (Lipinski definition) is 1. The van der Waals surface area contributed by atoms with Gasteiger partial charge < -0.3 is 5.32 Å². The van der Waals surface area contributed by atoms with Crippen LogP contribution >= 0.6 is 22.7 Å². The molecule has 1 aromatic carbocycles. The van der Waals surface area contributed by atoms with Crippen molar-refractivity contribution in [2.24, 2.45) is 0 Å². The summed E-state index contributed by atoms with van der Waals surface area (Å²) in [6.07, 6.45) is 5.36. The molecule has 0 unspecified atom stereocenters. The quantitative estimate of drug-likeness (QED) is 0.477. The van der Waals surface area contributed by atoms with Crippen LogP contribution in [0.5, 0.6) is 0 Å². The van der Waals surface area contributed by atoms with Crippen LogP contribution in [0, 0.1) is 0 Å². The maximum atomic E-state index is 12.2. The zero-order valence-corrected chi connectivity index (χ0v) is 17.5. The van der Waals surface area contributed by atoms with E-state index in [1.54, 1.807) is 28.0 Å².